The molecule has 5 heteroatoms. The number of Topliss-reactive ketones (excluding diaryl/α,β-unsaturated/α-hetero) is 1. The molecular formula is C16H21FINOS. The fourth-order valence-corrected chi connectivity index (χ4v) is 4.80. The molecule has 1 saturated heterocycles. The second kappa shape index (κ2) is 7.31. The standard InChI is InChI=1S/C16H21FINOS/c1-9(2)12-7-16(21-8-13(12)10(3)20)19-15-5-4-11(18)6-14(15)17/h4-6,9,12-13,16,19H,7-8H2,1-3H3. The van der Waals surface area contributed by atoms with Gasteiger partial charge in [-0.1, -0.05) is 13.8 Å². The Hall–Kier alpha value is -0.300. The predicted molar refractivity (Wildman–Crippen MR) is 96.1 cm³/mol. The number of hydrogen-bond acceptors (Lipinski definition) is 3. The Labute approximate surface area is 143 Å². The minimum Gasteiger partial charge on any atom is -0.371 e. The van der Waals surface area contributed by atoms with Gasteiger partial charge in [-0.05, 0) is 66.0 Å². The number of thioether (sulfide) groups is 1. The number of halogens is 2. The van der Waals surface area contributed by atoms with Gasteiger partial charge < -0.3 is 5.32 Å². The van der Waals surface area contributed by atoms with Gasteiger partial charge >= 0.3 is 0 Å². The van der Waals surface area contributed by atoms with E-state index in [4.69, 9.17) is 0 Å². The number of anilines is 1. The zero-order valence-corrected chi connectivity index (χ0v) is 15.5. The van der Waals surface area contributed by atoms with Crippen molar-refractivity contribution in [1.82, 2.24) is 0 Å². The SMILES string of the molecule is CC(=O)C1CSC(Nc2ccc(I)cc2F)CC1C(C)C. The van der Waals surface area contributed by atoms with Gasteiger partial charge in [-0.15, -0.1) is 11.8 Å². The first-order chi connectivity index (χ1) is 9.88. The van der Waals surface area contributed by atoms with Crippen LogP contribution in [0.15, 0.2) is 18.2 Å². The van der Waals surface area contributed by atoms with E-state index in [1.54, 1.807) is 24.8 Å². The minimum absolute atomic E-state index is 0.134. The Morgan fingerprint density at radius 1 is 1.48 bits per heavy atom. The average Bonchev–Trinajstić information content (AvgIpc) is 2.41. The molecule has 0 bridgehead atoms. The third-order valence-corrected chi connectivity index (χ3v) is 6.04. The third-order valence-electron chi connectivity index (χ3n) is 4.11. The van der Waals surface area contributed by atoms with Crippen LogP contribution in [0.1, 0.15) is 27.2 Å². The van der Waals surface area contributed by atoms with Gasteiger partial charge in [0.15, 0.2) is 0 Å². The van der Waals surface area contributed by atoms with Crippen molar-refractivity contribution in [2.24, 2.45) is 17.8 Å². The molecule has 0 saturated carbocycles. The van der Waals surface area contributed by atoms with E-state index < -0.39 is 0 Å². The highest BCUT2D eigenvalue weighted by atomic mass is 127. The fraction of sp³-hybridized carbons (Fsp3) is 0.562. The summed E-state index contributed by atoms with van der Waals surface area (Å²) in [7, 11) is 0. The Morgan fingerprint density at radius 3 is 2.76 bits per heavy atom. The lowest BCUT2D eigenvalue weighted by Gasteiger charge is -2.37. The van der Waals surface area contributed by atoms with Gasteiger partial charge in [0.05, 0.1) is 11.1 Å². The van der Waals surface area contributed by atoms with Crippen molar-refractivity contribution < 1.29 is 9.18 Å². The Morgan fingerprint density at radius 2 is 2.19 bits per heavy atom. The van der Waals surface area contributed by atoms with Crippen LogP contribution in [0.2, 0.25) is 0 Å². The van der Waals surface area contributed by atoms with Crippen LogP contribution in [0.3, 0.4) is 0 Å². The van der Waals surface area contributed by atoms with Crippen LogP contribution in [0.25, 0.3) is 0 Å². The van der Waals surface area contributed by atoms with Crippen molar-refractivity contribution >= 4 is 45.8 Å². The van der Waals surface area contributed by atoms with Crippen LogP contribution in [-0.2, 0) is 4.79 Å². The largest absolute Gasteiger partial charge is 0.371 e. The van der Waals surface area contributed by atoms with Gasteiger partial charge in [0.2, 0.25) is 0 Å². The molecule has 1 aliphatic heterocycles. The molecule has 0 aliphatic carbocycles. The van der Waals surface area contributed by atoms with E-state index in [1.807, 2.05) is 6.07 Å². The van der Waals surface area contributed by atoms with Crippen molar-refractivity contribution in [1.29, 1.82) is 0 Å². The van der Waals surface area contributed by atoms with E-state index >= 15 is 0 Å². The highest BCUT2D eigenvalue weighted by Gasteiger charge is 2.35. The van der Waals surface area contributed by atoms with Crippen LogP contribution in [0.5, 0.6) is 0 Å². The highest BCUT2D eigenvalue weighted by molar-refractivity contribution is 14.1. The van der Waals surface area contributed by atoms with Gasteiger partial charge in [0.1, 0.15) is 11.6 Å². The van der Waals surface area contributed by atoms with Crippen molar-refractivity contribution in [3.8, 4) is 0 Å². The lowest BCUT2D eigenvalue weighted by molar-refractivity contribution is -0.122. The lowest BCUT2D eigenvalue weighted by Crippen LogP contribution is -2.37. The molecule has 0 aromatic heterocycles. The number of hydrogen-bond donors (Lipinski definition) is 1. The summed E-state index contributed by atoms with van der Waals surface area (Å²) in [5.41, 5.74) is 0.552. The van der Waals surface area contributed by atoms with E-state index in [2.05, 4.69) is 41.8 Å². The number of benzene rings is 1. The molecule has 1 heterocycles. The van der Waals surface area contributed by atoms with Crippen molar-refractivity contribution in [3.05, 3.63) is 27.6 Å². The molecule has 0 spiro atoms. The molecule has 1 aromatic rings. The van der Waals surface area contributed by atoms with Crippen LogP contribution < -0.4 is 5.32 Å². The molecule has 2 rings (SSSR count). The summed E-state index contributed by atoms with van der Waals surface area (Å²) < 4.78 is 14.8. The maximum Gasteiger partial charge on any atom is 0.147 e. The van der Waals surface area contributed by atoms with Crippen LogP contribution in [-0.4, -0.2) is 16.9 Å². The highest BCUT2D eigenvalue weighted by Crippen LogP contribution is 2.39. The van der Waals surface area contributed by atoms with Crippen LogP contribution in [0, 0.1) is 27.1 Å². The van der Waals surface area contributed by atoms with E-state index in [-0.39, 0.29) is 22.9 Å². The Balaban J connectivity index is 2.07. The molecule has 3 atom stereocenters. The van der Waals surface area contributed by atoms with Crippen molar-refractivity contribution in [3.63, 3.8) is 0 Å². The van der Waals surface area contributed by atoms with Gasteiger partial charge in [0.25, 0.3) is 0 Å². The molecule has 1 aliphatic rings. The smallest absolute Gasteiger partial charge is 0.147 e. The van der Waals surface area contributed by atoms with E-state index in [0.29, 0.717) is 17.5 Å². The fourth-order valence-electron chi connectivity index (χ4n) is 2.86. The summed E-state index contributed by atoms with van der Waals surface area (Å²) in [4.78, 5) is 11.8. The number of carbonyl (C=O) groups is 1. The minimum atomic E-state index is -0.211. The molecular weight excluding hydrogens is 400 g/mol. The van der Waals surface area contributed by atoms with Crippen molar-refractivity contribution in [2.75, 3.05) is 11.1 Å². The van der Waals surface area contributed by atoms with E-state index in [0.717, 1.165) is 15.7 Å². The number of rotatable bonds is 4. The maximum atomic E-state index is 13.9. The van der Waals surface area contributed by atoms with Crippen molar-refractivity contribution in [2.45, 2.75) is 32.6 Å². The molecule has 1 N–H and O–H groups in total. The molecule has 0 amide bonds. The second-order valence-electron chi connectivity index (χ2n) is 5.95. The third kappa shape index (κ3) is 4.34. The summed E-state index contributed by atoms with van der Waals surface area (Å²) in [6.07, 6.45) is 0.901. The van der Waals surface area contributed by atoms with E-state index in [1.165, 1.54) is 6.07 Å². The summed E-state index contributed by atoms with van der Waals surface area (Å²) in [5.74, 6) is 1.85. The molecule has 0 radical (unpaired) electrons. The van der Waals surface area contributed by atoms with E-state index in [9.17, 15) is 9.18 Å². The van der Waals surface area contributed by atoms with Gasteiger partial charge in [-0.2, -0.15) is 0 Å². The quantitative estimate of drug-likeness (QED) is 0.710. The second-order valence-corrected chi connectivity index (χ2v) is 8.43. The monoisotopic (exact) mass is 421 g/mol. The molecule has 116 valence electrons. The molecule has 2 nitrogen and oxygen atoms in total. The molecule has 21 heavy (non-hydrogen) atoms. The molecule has 1 aromatic carbocycles. The van der Waals surface area contributed by atoms with Crippen LogP contribution in [0.4, 0.5) is 10.1 Å². The number of carbonyl (C=O) groups excluding carboxylic acids is 1. The van der Waals surface area contributed by atoms with Gasteiger partial charge in [-0.25, -0.2) is 4.39 Å². The normalized spacial score (nSPS) is 25.9. The maximum absolute atomic E-state index is 13.9. The Bertz CT molecular complexity index is 523. The first kappa shape index (κ1) is 17.1. The topological polar surface area (TPSA) is 29.1 Å². The predicted octanol–water partition coefficient (Wildman–Crippen LogP) is 4.78. The van der Waals surface area contributed by atoms with Gasteiger partial charge in [0, 0.05) is 15.2 Å². The lowest BCUT2D eigenvalue weighted by atomic mass is 9.79. The van der Waals surface area contributed by atoms with Crippen LogP contribution >= 0.6 is 34.4 Å². The molecule has 1 fully saturated rings. The summed E-state index contributed by atoms with van der Waals surface area (Å²) in [6.45, 7) is 6.02. The zero-order chi connectivity index (χ0) is 15.6. The number of ketones is 1. The average molecular weight is 421 g/mol. The zero-order valence-electron chi connectivity index (χ0n) is 12.5. The summed E-state index contributed by atoms with van der Waals surface area (Å²) >= 11 is 3.83. The summed E-state index contributed by atoms with van der Waals surface area (Å²) in [5, 5.41) is 3.46. The first-order valence-electron chi connectivity index (χ1n) is 7.22. The van der Waals surface area contributed by atoms with Gasteiger partial charge in [-0.3, -0.25) is 4.79 Å². The number of nitrogens with one attached hydrogen (secondary N) is 1. The first-order valence-corrected chi connectivity index (χ1v) is 9.35. The summed E-state index contributed by atoms with van der Waals surface area (Å²) in [6, 6.07) is 5.23. The molecule has 3 unspecified atom stereocenters. The Kier molecular flexibility index (Phi) is 5.94.